The van der Waals surface area contributed by atoms with Gasteiger partial charge in [0.2, 0.25) is 5.89 Å². The second-order valence-electron chi connectivity index (χ2n) is 4.88. The molecule has 1 aliphatic rings. The van der Waals surface area contributed by atoms with Crippen molar-refractivity contribution in [3.8, 4) is 0 Å². The van der Waals surface area contributed by atoms with Gasteiger partial charge in [0.05, 0.1) is 6.33 Å². The molecular weight excluding hydrogens is 272 g/mol. The number of anilines is 2. The summed E-state index contributed by atoms with van der Waals surface area (Å²) in [4.78, 5) is 20.1. The van der Waals surface area contributed by atoms with Gasteiger partial charge in [-0.3, -0.25) is 0 Å². The molecule has 0 aliphatic carbocycles. The van der Waals surface area contributed by atoms with Crippen molar-refractivity contribution in [2.24, 2.45) is 0 Å². The SMILES string of the molecule is Cc1nnc(N2CCN(c3ncnc4nc[nH]c34)CC2)o1. The van der Waals surface area contributed by atoms with Crippen LogP contribution in [0.15, 0.2) is 17.1 Å². The van der Waals surface area contributed by atoms with E-state index in [0.29, 0.717) is 17.6 Å². The van der Waals surface area contributed by atoms with E-state index in [9.17, 15) is 0 Å². The Kier molecular flexibility index (Phi) is 2.69. The molecule has 0 aromatic carbocycles. The Morgan fingerprint density at radius 2 is 1.86 bits per heavy atom. The zero-order chi connectivity index (χ0) is 14.2. The normalized spacial score (nSPS) is 15.9. The summed E-state index contributed by atoms with van der Waals surface area (Å²) in [6, 6.07) is 0.585. The second-order valence-corrected chi connectivity index (χ2v) is 4.88. The molecule has 4 heterocycles. The minimum atomic E-state index is 0.585. The molecule has 9 heteroatoms. The summed E-state index contributed by atoms with van der Waals surface area (Å²) in [5.74, 6) is 1.47. The van der Waals surface area contributed by atoms with Gasteiger partial charge in [-0.25, -0.2) is 15.0 Å². The van der Waals surface area contributed by atoms with Gasteiger partial charge < -0.3 is 19.2 Å². The first-order valence-corrected chi connectivity index (χ1v) is 6.75. The van der Waals surface area contributed by atoms with Gasteiger partial charge in [0.15, 0.2) is 11.5 Å². The van der Waals surface area contributed by atoms with Gasteiger partial charge in [0, 0.05) is 33.1 Å². The highest BCUT2D eigenvalue weighted by Crippen LogP contribution is 2.22. The minimum Gasteiger partial charge on any atom is -0.408 e. The van der Waals surface area contributed by atoms with Gasteiger partial charge in [-0.2, -0.15) is 0 Å². The zero-order valence-corrected chi connectivity index (χ0v) is 11.5. The number of nitrogens with zero attached hydrogens (tertiary/aromatic N) is 7. The number of fused-ring (bicyclic) bond motifs is 1. The maximum absolute atomic E-state index is 5.47. The summed E-state index contributed by atoms with van der Waals surface area (Å²) < 4.78 is 5.47. The quantitative estimate of drug-likeness (QED) is 0.721. The van der Waals surface area contributed by atoms with Crippen LogP contribution in [-0.2, 0) is 0 Å². The van der Waals surface area contributed by atoms with Crippen molar-refractivity contribution in [3.05, 3.63) is 18.5 Å². The van der Waals surface area contributed by atoms with Crippen molar-refractivity contribution in [2.75, 3.05) is 36.0 Å². The summed E-state index contributed by atoms with van der Waals surface area (Å²) in [6.07, 6.45) is 3.19. The third-order valence-electron chi connectivity index (χ3n) is 3.57. The monoisotopic (exact) mass is 286 g/mol. The molecule has 0 bridgehead atoms. The lowest BCUT2D eigenvalue weighted by Crippen LogP contribution is -2.47. The molecule has 1 N–H and O–H groups in total. The van der Waals surface area contributed by atoms with Crippen molar-refractivity contribution >= 4 is 23.0 Å². The predicted molar refractivity (Wildman–Crippen MR) is 75.1 cm³/mol. The number of H-pyrrole nitrogens is 1. The second kappa shape index (κ2) is 4.69. The van der Waals surface area contributed by atoms with Crippen LogP contribution in [0.1, 0.15) is 5.89 Å². The zero-order valence-electron chi connectivity index (χ0n) is 11.5. The van der Waals surface area contributed by atoms with E-state index in [4.69, 9.17) is 4.42 Å². The summed E-state index contributed by atoms with van der Waals surface area (Å²) in [6.45, 7) is 5.06. The van der Waals surface area contributed by atoms with Crippen LogP contribution in [0.3, 0.4) is 0 Å². The van der Waals surface area contributed by atoms with E-state index in [1.54, 1.807) is 19.6 Å². The maximum atomic E-state index is 5.47. The number of nitrogens with one attached hydrogen (secondary N) is 1. The number of aromatic nitrogens is 6. The minimum absolute atomic E-state index is 0.585. The van der Waals surface area contributed by atoms with Crippen LogP contribution in [0.2, 0.25) is 0 Å². The molecule has 9 nitrogen and oxygen atoms in total. The van der Waals surface area contributed by atoms with Crippen LogP contribution >= 0.6 is 0 Å². The third kappa shape index (κ3) is 2.06. The molecule has 21 heavy (non-hydrogen) atoms. The number of hydrogen-bond donors (Lipinski definition) is 1. The molecule has 0 amide bonds. The highest BCUT2D eigenvalue weighted by Gasteiger charge is 2.23. The number of imidazole rings is 1. The lowest BCUT2D eigenvalue weighted by atomic mass is 10.3. The average Bonchev–Trinajstić information content (AvgIpc) is 3.15. The van der Waals surface area contributed by atoms with Gasteiger partial charge in [-0.15, -0.1) is 5.10 Å². The maximum Gasteiger partial charge on any atom is 0.318 e. The molecule has 0 atom stereocenters. The Morgan fingerprint density at radius 3 is 2.62 bits per heavy atom. The molecule has 3 aromatic heterocycles. The van der Waals surface area contributed by atoms with Crippen molar-refractivity contribution < 1.29 is 4.42 Å². The highest BCUT2D eigenvalue weighted by atomic mass is 16.4. The van der Waals surface area contributed by atoms with Gasteiger partial charge in [-0.05, 0) is 0 Å². The summed E-state index contributed by atoms with van der Waals surface area (Å²) in [5.41, 5.74) is 1.56. The van der Waals surface area contributed by atoms with Crippen molar-refractivity contribution in [3.63, 3.8) is 0 Å². The molecule has 0 saturated carbocycles. The fourth-order valence-corrected chi connectivity index (χ4v) is 2.52. The predicted octanol–water partition coefficient (Wildman–Crippen LogP) is 0.371. The Morgan fingerprint density at radius 1 is 1.05 bits per heavy atom. The molecule has 1 aliphatic heterocycles. The van der Waals surface area contributed by atoms with E-state index in [-0.39, 0.29) is 0 Å². The molecule has 108 valence electrons. The lowest BCUT2D eigenvalue weighted by Gasteiger charge is -2.34. The molecule has 1 fully saturated rings. The third-order valence-corrected chi connectivity index (χ3v) is 3.57. The number of hydrogen-bond acceptors (Lipinski definition) is 8. The topological polar surface area (TPSA) is 99.9 Å². The number of aromatic amines is 1. The van der Waals surface area contributed by atoms with Crippen LogP contribution in [-0.4, -0.2) is 56.3 Å². The molecular formula is C12H14N8O. The fourth-order valence-electron chi connectivity index (χ4n) is 2.52. The standard InChI is InChI=1S/C12H14N8O/c1-8-17-18-12(21-8)20-4-2-19(3-5-20)11-9-10(14-6-13-9)15-7-16-11/h6-7H,2-5H2,1H3,(H,13,14,15,16). The summed E-state index contributed by atoms with van der Waals surface area (Å²) in [7, 11) is 0. The summed E-state index contributed by atoms with van der Waals surface area (Å²) >= 11 is 0. The van der Waals surface area contributed by atoms with Gasteiger partial charge in [0.1, 0.15) is 11.8 Å². The molecule has 0 radical (unpaired) electrons. The van der Waals surface area contributed by atoms with Crippen molar-refractivity contribution in [1.82, 2.24) is 30.1 Å². The average molecular weight is 286 g/mol. The van der Waals surface area contributed by atoms with E-state index >= 15 is 0 Å². The van der Waals surface area contributed by atoms with Crippen LogP contribution < -0.4 is 9.80 Å². The molecule has 3 aromatic rings. The fraction of sp³-hybridized carbons (Fsp3) is 0.417. The lowest BCUT2D eigenvalue weighted by molar-refractivity contribution is 0.491. The van der Waals surface area contributed by atoms with Crippen molar-refractivity contribution in [2.45, 2.75) is 6.92 Å². The van der Waals surface area contributed by atoms with E-state index in [2.05, 4.69) is 39.9 Å². The van der Waals surface area contributed by atoms with E-state index in [0.717, 1.165) is 37.5 Å². The van der Waals surface area contributed by atoms with Crippen molar-refractivity contribution in [1.29, 1.82) is 0 Å². The number of aryl methyl sites for hydroxylation is 1. The molecule has 4 rings (SSSR count). The first kappa shape index (κ1) is 12.1. The Balaban J connectivity index is 1.53. The highest BCUT2D eigenvalue weighted by molar-refractivity contribution is 5.82. The summed E-state index contributed by atoms with van der Waals surface area (Å²) in [5, 5.41) is 7.93. The van der Waals surface area contributed by atoms with Gasteiger partial charge >= 0.3 is 6.01 Å². The van der Waals surface area contributed by atoms with E-state index in [1.807, 2.05) is 0 Å². The van der Waals surface area contributed by atoms with Crippen LogP contribution in [0.4, 0.5) is 11.8 Å². The van der Waals surface area contributed by atoms with Crippen LogP contribution in [0, 0.1) is 6.92 Å². The van der Waals surface area contributed by atoms with E-state index < -0.39 is 0 Å². The molecule has 0 unspecified atom stereocenters. The molecule has 0 spiro atoms. The first-order chi connectivity index (χ1) is 10.3. The van der Waals surface area contributed by atoms with Gasteiger partial charge in [-0.1, -0.05) is 5.10 Å². The smallest absolute Gasteiger partial charge is 0.318 e. The van der Waals surface area contributed by atoms with E-state index in [1.165, 1.54) is 0 Å². The first-order valence-electron chi connectivity index (χ1n) is 6.75. The largest absolute Gasteiger partial charge is 0.408 e. The Labute approximate surface area is 120 Å². The Hall–Kier alpha value is -2.71. The number of rotatable bonds is 2. The van der Waals surface area contributed by atoms with Gasteiger partial charge in [0.25, 0.3) is 0 Å². The van der Waals surface area contributed by atoms with Crippen LogP contribution in [0.25, 0.3) is 11.2 Å². The number of piperazine rings is 1. The molecule has 1 saturated heterocycles. The van der Waals surface area contributed by atoms with Crippen LogP contribution in [0.5, 0.6) is 0 Å². The Bertz CT molecular complexity index is 757.